The van der Waals surface area contributed by atoms with E-state index in [0.29, 0.717) is 23.4 Å². The summed E-state index contributed by atoms with van der Waals surface area (Å²) in [6, 6.07) is 2.56. The van der Waals surface area contributed by atoms with E-state index in [1.54, 1.807) is 0 Å². The van der Waals surface area contributed by atoms with Gasteiger partial charge in [0.15, 0.2) is 16.4 Å². The van der Waals surface area contributed by atoms with Crippen LogP contribution < -0.4 is 0 Å². The second kappa shape index (κ2) is 5.16. The van der Waals surface area contributed by atoms with Crippen molar-refractivity contribution in [3.63, 3.8) is 0 Å². The van der Waals surface area contributed by atoms with Crippen LogP contribution >= 0.6 is 12.2 Å². The highest BCUT2D eigenvalue weighted by atomic mass is 32.1. The molecule has 0 saturated heterocycles. The summed E-state index contributed by atoms with van der Waals surface area (Å²) in [6.07, 6.45) is 0.0889. The highest BCUT2D eigenvalue weighted by molar-refractivity contribution is 7.71. The van der Waals surface area contributed by atoms with Gasteiger partial charge in [-0.25, -0.2) is 8.78 Å². The van der Waals surface area contributed by atoms with E-state index in [0.717, 1.165) is 6.07 Å². The Hall–Kier alpha value is -1.27. The Morgan fingerprint density at radius 2 is 2.11 bits per heavy atom. The maximum atomic E-state index is 13.8. The Bertz CT molecular complexity index is 618. The first-order valence-electron chi connectivity index (χ1n) is 5.69. The molecule has 0 fully saturated rings. The van der Waals surface area contributed by atoms with Crippen molar-refractivity contribution < 1.29 is 13.5 Å². The van der Waals surface area contributed by atoms with Gasteiger partial charge in [0.1, 0.15) is 5.52 Å². The summed E-state index contributed by atoms with van der Waals surface area (Å²) < 4.78 is 34.2. The number of H-pyrrole nitrogens is 1. The lowest BCUT2D eigenvalue weighted by Crippen LogP contribution is -2.11. The van der Waals surface area contributed by atoms with Gasteiger partial charge in [0.25, 0.3) is 0 Å². The summed E-state index contributed by atoms with van der Waals surface area (Å²) in [5, 5.41) is 0. The summed E-state index contributed by atoms with van der Waals surface area (Å²) in [5.74, 6) is -1.76. The molecule has 0 aliphatic heterocycles. The van der Waals surface area contributed by atoms with Gasteiger partial charge in [0, 0.05) is 6.54 Å². The highest BCUT2D eigenvalue weighted by Gasteiger charge is 2.13. The minimum Gasteiger partial charge on any atom is -0.377 e. The summed E-state index contributed by atoms with van der Waals surface area (Å²) in [4.78, 5) is 2.85. The second-order valence-electron chi connectivity index (χ2n) is 4.26. The smallest absolute Gasteiger partial charge is 0.184 e. The standard InChI is InChI=1S/C12H14F2N2OS/c1-7(2)17-6-5-16-11-9(15-12(16)18)4-3-8(13)10(11)14/h3-4,7H,5-6H2,1-2H3,(H,15,18). The van der Waals surface area contributed by atoms with E-state index >= 15 is 0 Å². The molecular weight excluding hydrogens is 258 g/mol. The van der Waals surface area contributed by atoms with Crippen LogP contribution in [0.3, 0.4) is 0 Å². The van der Waals surface area contributed by atoms with Gasteiger partial charge < -0.3 is 14.3 Å². The Morgan fingerprint density at radius 1 is 1.39 bits per heavy atom. The van der Waals surface area contributed by atoms with Crippen LogP contribution in [0.25, 0.3) is 11.0 Å². The fourth-order valence-corrected chi connectivity index (χ4v) is 2.07. The van der Waals surface area contributed by atoms with Crippen LogP contribution in [-0.4, -0.2) is 22.3 Å². The normalized spacial score (nSPS) is 11.6. The number of hydrogen-bond acceptors (Lipinski definition) is 2. The molecule has 1 aromatic carbocycles. The Kier molecular flexibility index (Phi) is 3.77. The molecule has 98 valence electrons. The molecule has 0 atom stereocenters. The van der Waals surface area contributed by atoms with Crippen LogP contribution in [0.5, 0.6) is 0 Å². The zero-order chi connectivity index (χ0) is 13.3. The molecule has 1 heterocycles. The largest absolute Gasteiger partial charge is 0.377 e. The number of imidazole rings is 1. The van der Waals surface area contributed by atoms with Crippen molar-refractivity contribution in [1.29, 1.82) is 0 Å². The average molecular weight is 272 g/mol. The molecule has 18 heavy (non-hydrogen) atoms. The van der Waals surface area contributed by atoms with Crippen molar-refractivity contribution >= 4 is 23.3 Å². The average Bonchev–Trinajstić information content (AvgIpc) is 2.61. The van der Waals surface area contributed by atoms with Gasteiger partial charge >= 0.3 is 0 Å². The third kappa shape index (κ3) is 2.44. The van der Waals surface area contributed by atoms with Crippen LogP contribution in [0.15, 0.2) is 12.1 Å². The molecule has 0 radical (unpaired) electrons. The minimum atomic E-state index is -0.885. The first-order chi connectivity index (χ1) is 8.50. The van der Waals surface area contributed by atoms with Crippen molar-refractivity contribution in [2.45, 2.75) is 26.5 Å². The van der Waals surface area contributed by atoms with E-state index < -0.39 is 11.6 Å². The van der Waals surface area contributed by atoms with E-state index in [1.165, 1.54) is 10.6 Å². The van der Waals surface area contributed by atoms with Crippen molar-refractivity contribution in [2.24, 2.45) is 0 Å². The van der Waals surface area contributed by atoms with Gasteiger partial charge in [0.05, 0.1) is 18.2 Å². The van der Waals surface area contributed by atoms with Crippen LogP contribution in [0.2, 0.25) is 0 Å². The number of ether oxygens (including phenoxy) is 1. The van der Waals surface area contributed by atoms with Crippen LogP contribution in [0, 0.1) is 16.4 Å². The lowest BCUT2D eigenvalue weighted by molar-refractivity contribution is 0.0730. The van der Waals surface area contributed by atoms with Crippen LogP contribution in [0.1, 0.15) is 13.8 Å². The maximum absolute atomic E-state index is 13.8. The number of fused-ring (bicyclic) bond motifs is 1. The lowest BCUT2D eigenvalue weighted by Gasteiger charge is -2.09. The summed E-state index contributed by atoms with van der Waals surface area (Å²) in [6.45, 7) is 4.61. The molecule has 6 heteroatoms. The van der Waals surface area contributed by atoms with Crippen molar-refractivity contribution in [1.82, 2.24) is 9.55 Å². The van der Waals surface area contributed by atoms with E-state index in [2.05, 4.69) is 4.98 Å². The molecule has 0 aliphatic carbocycles. The second-order valence-corrected chi connectivity index (χ2v) is 4.65. The number of aromatic amines is 1. The third-order valence-corrected chi connectivity index (χ3v) is 2.91. The number of nitrogens with one attached hydrogen (secondary N) is 1. The number of hydrogen-bond donors (Lipinski definition) is 1. The monoisotopic (exact) mass is 272 g/mol. The molecule has 1 N–H and O–H groups in total. The Balaban J connectivity index is 2.40. The minimum absolute atomic E-state index is 0.0889. The van der Waals surface area contributed by atoms with Gasteiger partial charge in [-0.15, -0.1) is 0 Å². The van der Waals surface area contributed by atoms with Gasteiger partial charge in [0.2, 0.25) is 0 Å². The van der Waals surface area contributed by atoms with Gasteiger partial charge in [-0.2, -0.15) is 0 Å². The number of aromatic nitrogens is 2. The fraction of sp³-hybridized carbons (Fsp3) is 0.417. The molecule has 3 nitrogen and oxygen atoms in total. The highest BCUT2D eigenvalue weighted by Crippen LogP contribution is 2.20. The number of halogens is 2. The number of nitrogens with zero attached hydrogens (tertiary/aromatic N) is 1. The van der Waals surface area contributed by atoms with Gasteiger partial charge in [-0.3, -0.25) is 0 Å². The van der Waals surface area contributed by atoms with Gasteiger partial charge in [-0.05, 0) is 38.2 Å². The van der Waals surface area contributed by atoms with E-state index in [-0.39, 0.29) is 11.6 Å². The van der Waals surface area contributed by atoms with E-state index in [4.69, 9.17) is 17.0 Å². The predicted octanol–water partition coefficient (Wildman–Crippen LogP) is 3.40. The molecular formula is C12H14F2N2OS. The zero-order valence-electron chi connectivity index (χ0n) is 10.2. The zero-order valence-corrected chi connectivity index (χ0v) is 11.0. The molecule has 0 unspecified atom stereocenters. The predicted molar refractivity (Wildman–Crippen MR) is 68.1 cm³/mol. The molecule has 0 spiro atoms. The maximum Gasteiger partial charge on any atom is 0.184 e. The molecule has 2 aromatic rings. The number of benzene rings is 1. The van der Waals surface area contributed by atoms with Crippen molar-refractivity contribution in [3.8, 4) is 0 Å². The third-order valence-electron chi connectivity index (χ3n) is 2.59. The Labute approximate surface area is 108 Å². The first-order valence-corrected chi connectivity index (χ1v) is 6.09. The molecule has 0 bridgehead atoms. The van der Waals surface area contributed by atoms with Crippen molar-refractivity contribution in [3.05, 3.63) is 28.5 Å². The quantitative estimate of drug-likeness (QED) is 0.864. The lowest BCUT2D eigenvalue weighted by atomic mass is 10.3. The summed E-state index contributed by atoms with van der Waals surface area (Å²) in [5.41, 5.74) is 0.649. The van der Waals surface area contributed by atoms with E-state index in [9.17, 15) is 8.78 Å². The Morgan fingerprint density at radius 3 is 2.78 bits per heavy atom. The summed E-state index contributed by atoms with van der Waals surface area (Å²) >= 11 is 5.10. The van der Waals surface area contributed by atoms with Crippen LogP contribution in [0.4, 0.5) is 8.78 Å². The van der Waals surface area contributed by atoms with Crippen LogP contribution in [-0.2, 0) is 11.3 Å². The molecule has 1 aromatic heterocycles. The molecule has 2 rings (SSSR count). The fourth-order valence-electron chi connectivity index (χ4n) is 1.78. The number of rotatable bonds is 4. The summed E-state index contributed by atoms with van der Waals surface area (Å²) in [7, 11) is 0. The molecule has 0 amide bonds. The van der Waals surface area contributed by atoms with E-state index in [1.807, 2.05) is 13.8 Å². The van der Waals surface area contributed by atoms with Crippen molar-refractivity contribution in [2.75, 3.05) is 6.61 Å². The first kappa shape index (κ1) is 13.2. The topological polar surface area (TPSA) is 29.9 Å². The SMILES string of the molecule is CC(C)OCCn1c(=S)[nH]c2ccc(F)c(F)c21. The van der Waals surface area contributed by atoms with Gasteiger partial charge in [-0.1, -0.05) is 0 Å². The molecule has 0 saturated carbocycles. The molecule has 0 aliphatic rings.